The molecule has 0 unspecified atom stereocenters. The summed E-state index contributed by atoms with van der Waals surface area (Å²) < 4.78 is 94.2. The highest BCUT2D eigenvalue weighted by atomic mass is 32.2. The molecule has 11 heteroatoms. The third-order valence-electron chi connectivity index (χ3n) is 3.58. The molecule has 0 saturated carbocycles. The monoisotopic (exact) mass is 418 g/mol. The Balaban J connectivity index is 2.79. The number of sulfonamides is 1. The van der Waals surface area contributed by atoms with Crippen molar-refractivity contribution in [3.8, 4) is 12.3 Å². The summed E-state index contributed by atoms with van der Waals surface area (Å²) in [6.07, 6.45) is 5.21. The first-order valence-electron chi connectivity index (χ1n) is 7.37. The van der Waals surface area contributed by atoms with E-state index in [1.54, 1.807) is 0 Å². The standard InChI is InChI=1S/C17H11F5N2O3S/c1-3-9-5-4-6-10(7-9)24(8-11(25)23-2)28(26,27)17-15(21)13(19)12(18)14(20)16(17)22/h1,4-7H,8H2,2H3,(H,23,25). The first kappa shape index (κ1) is 21.2. The van der Waals surface area contributed by atoms with E-state index >= 15 is 0 Å². The summed E-state index contributed by atoms with van der Waals surface area (Å²) in [6, 6.07) is 4.90. The molecule has 28 heavy (non-hydrogen) atoms. The van der Waals surface area contributed by atoms with Crippen LogP contribution in [-0.2, 0) is 14.8 Å². The van der Waals surface area contributed by atoms with E-state index in [2.05, 4.69) is 11.2 Å². The average Bonchev–Trinajstić information content (AvgIpc) is 2.68. The summed E-state index contributed by atoms with van der Waals surface area (Å²) in [5, 5.41) is 2.10. The molecule has 2 aromatic carbocycles. The van der Waals surface area contributed by atoms with Crippen LogP contribution in [-0.4, -0.2) is 27.9 Å². The Morgan fingerprint density at radius 2 is 1.61 bits per heavy atom. The number of hydrogen-bond acceptors (Lipinski definition) is 3. The molecule has 0 aliphatic heterocycles. The van der Waals surface area contributed by atoms with E-state index in [1.165, 1.54) is 12.1 Å². The van der Waals surface area contributed by atoms with Gasteiger partial charge in [-0.2, -0.15) is 0 Å². The largest absolute Gasteiger partial charge is 0.358 e. The third kappa shape index (κ3) is 3.63. The molecule has 1 amide bonds. The van der Waals surface area contributed by atoms with Crippen molar-refractivity contribution in [2.24, 2.45) is 0 Å². The second kappa shape index (κ2) is 7.85. The van der Waals surface area contributed by atoms with Crippen LogP contribution in [0.15, 0.2) is 29.2 Å². The minimum Gasteiger partial charge on any atom is -0.358 e. The Labute approximate surface area is 156 Å². The van der Waals surface area contributed by atoms with Gasteiger partial charge in [0.25, 0.3) is 10.0 Å². The number of likely N-dealkylation sites (N-methyl/N-ethyl adjacent to an activating group) is 1. The lowest BCUT2D eigenvalue weighted by atomic mass is 10.2. The molecule has 0 aliphatic carbocycles. The van der Waals surface area contributed by atoms with E-state index in [0.717, 1.165) is 19.2 Å². The van der Waals surface area contributed by atoms with Crippen LogP contribution < -0.4 is 9.62 Å². The Morgan fingerprint density at radius 3 is 2.11 bits per heavy atom. The maximum atomic E-state index is 14.1. The van der Waals surface area contributed by atoms with Crippen molar-refractivity contribution in [1.29, 1.82) is 0 Å². The molecule has 148 valence electrons. The molecule has 0 fully saturated rings. The summed E-state index contributed by atoms with van der Waals surface area (Å²) in [7, 11) is -4.24. The predicted molar refractivity (Wildman–Crippen MR) is 89.2 cm³/mol. The lowest BCUT2D eigenvalue weighted by molar-refractivity contribution is -0.119. The van der Waals surface area contributed by atoms with Crippen LogP contribution in [0.1, 0.15) is 5.56 Å². The zero-order chi connectivity index (χ0) is 21.2. The van der Waals surface area contributed by atoms with Crippen LogP contribution in [0.5, 0.6) is 0 Å². The summed E-state index contributed by atoms with van der Waals surface area (Å²) in [4.78, 5) is 9.65. The van der Waals surface area contributed by atoms with Gasteiger partial charge in [0.05, 0.1) is 5.69 Å². The van der Waals surface area contributed by atoms with Crippen molar-refractivity contribution in [3.63, 3.8) is 0 Å². The molecule has 0 aliphatic rings. The van der Waals surface area contributed by atoms with E-state index in [9.17, 15) is 35.2 Å². The Morgan fingerprint density at radius 1 is 1.07 bits per heavy atom. The summed E-state index contributed by atoms with van der Waals surface area (Å²) in [5.41, 5.74) is -0.171. The van der Waals surface area contributed by atoms with Crippen molar-refractivity contribution in [3.05, 3.63) is 58.9 Å². The molecule has 5 nitrogen and oxygen atoms in total. The van der Waals surface area contributed by atoms with Crippen LogP contribution in [0.3, 0.4) is 0 Å². The van der Waals surface area contributed by atoms with Gasteiger partial charge in [0, 0.05) is 12.6 Å². The Hall–Kier alpha value is -3.13. The number of carbonyl (C=O) groups is 1. The molecule has 0 radical (unpaired) electrons. The summed E-state index contributed by atoms with van der Waals surface area (Å²) in [5.74, 6) is -11.2. The Kier molecular flexibility index (Phi) is 5.94. The number of carbonyl (C=O) groups excluding carboxylic acids is 1. The van der Waals surface area contributed by atoms with Gasteiger partial charge in [-0.1, -0.05) is 12.0 Å². The highest BCUT2D eigenvalue weighted by Crippen LogP contribution is 2.31. The van der Waals surface area contributed by atoms with Crippen LogP contribution in [0.2, 0.25) is 0 Å². The molecule has 0 spiro atoms. The fourth-order valence-corrected chi connectivity index (χ4v) is 3.73. The van der Waals surface area contributed by atoms with E-state index in [4.69, 9.17) is 6.42 Å². The molecule has 0 saturated heterocycles. The molecule has 0 atom stereocenters. The number of nitrogens with zero attached hydrogens (tertiary/aromatic N) is 1. The second-order valence-corrected chi connectivity index (χ2v) is 7.08. The number of hydrogen-bond donors (Lipinski definition) is 1. The highest BCUT2D eigenvalue weighted by molar-refractivity contribution is 7.92. The van der Waals surface area contributed by atoms with Crippen molar-refractivity contribution < 1.29 is 35.2 Å². The van der Waals surface area contributed by atoms with Gasteiger partial charge in [-0.25, -0.2) is 30.4 Å². The maximum Gasteiger partial charge on any atom is 0.270 e. The van der Waals surface area contributed by atoms with Crippen LogP contribution in [0.25, 0.3) is 0 Å². The number of nitrogens with one attached hydrogen (secondary N) is 1. The number of benzene rings is 2. The van der Waals surface area contributed by atoms with Crippen molar-refractivity contribution in [2.75, 3.05) is 17.9 Å². The van der Waals surface area contributed by atoms with Gasteiger partial charge in [-0.15, -0.1) is 6.42 Å². The quantitative estimate of drug-likeness (QED) is 0.351. The van der Waals surface area contributed by atoms with E-state index < -0.39 is 56.5 Å². The van der Waals surface area contributed by atoms with Gasteiger partial charge in [-0.3, -0.25) is 9.10 Å². The van der Waals surface area contributed by atoms with Gasteiger partial charge < -0.3 is 5.32 Å². The van der Waals surface area contributed by atoms with E-state index in [0.29, 0.717) is 0 Å². The van der Waals surface area contributed by atoms with Gasteiger partial charge in [-0.05, 0) is 18.2 Å². The van der Waals surface area contributed by atoms with Crippen molar-refractivity contribution >= 4 is 21.6 Å². The average molecular weight is 418 g/mol. The lowest BCUT2D eigenvalue weighted by Gasteiger charge is -2.24. The molecule has 0 bridgehead atoms. The third-order valence-corrected chi connectivity index (χ3v) is 5.38. The number of amides is 1. The maximum absolute atomic E-state index is 14.1. The van der Waals surface area contributed by atoms with E-state index in [1.807, 2.05) is 0 Å². The fourth-order valence-electron chi connectivity index (χ4n) is 2.20. The van der Waals surface area contributed by atoms with Crippen LogP contribution >= 0.6 is 0 Å². The number of anilines is 1. The fraction of sp³-hybridized carbons (Fsp3) is 0.118. The smallest absolute Gasteiger partial charge is 0.270 e. The molecule has 2 rings (SSSR count). The molecule has 2 aromatic rings. The zero-order valence-electron chi connectivity index (χ0n) is 14.1. The molecular formula is C17H11F5N2O3S. The van der Waals surface area contributed by atoms with Gasteiger partial charge in [0.2, 0.25) is 11.7 Å². The SMILES string of the molecule is C#Cc1cccc(N(CC(=O)NC)S(=O)(=O)c2c(F)c(F)c(F)c(F)c2F)c1. The van der Waals surface area contributed by atoms with Crippen LogP contribution in [0.4, 0.5) is 27.6 Å². The minimum absolute atomic E-state index is 0.145. The Bertz CT molecular complexity index is 1070. The number of halogens is 5. The first-order valence-corrected chi connectivity index (χ1v) is 8.81. The van der Waals surface area contributed by atoms with Gasteiger partial charge in [0.1, 0.15) is 6.54 Å². The second-order valence-electron chi connectivity index (χ2n) is 5.28. The normalized spacial score (nSPS) is 11.0. The minimum atomic E-state index is -5.40. The number of terminal acetylenes is 1. The molecule has 0 aromatic heterocycles. The first-order chi connectivity index (χ1) is 13.1. The molecule has 1 N–H and O–H groups in total. The highest BCUT2D eigenvalue weighted by Gasteiger charge is 2.38. The molecular weight excluding hydrogens is 407 g/mol. The number of rotatable bonds is 5. The molecule has 0 heterocycles. The topological polar surface area (TPSA) is 66.5 Å². The van der Waals surface area contributed by atoms with Gasteiger partial charge in [0.15, 0.2) is 28.2 Å². The van der Waals surface area contributed by atoms with Crippen molar-refractivity contribution in [1.82, 2.24) is 5.32 Å². The van der Waals surface area contributed by atoms with Crippen molar-refractivity contribution in [2.45, 2.75) is 4.90 Å². The predicted octanol–water partition coefficient (Wildman–Crippen LogP) is 2.30. The van der Waals surface area contributed by atoms with E-state index in [-0.39, 0.29) is 15.6 Å². The lowest BCUT2D eigenvalue weighted by Crippen LogP contribution is -2.40. The summed E-state index contributed by atoms with van der Waals surface area (Å²) >= 11 is 0. The van der Waals surface area contributed by atoms with Gasteiger partial charge >= 0.3 is 0 Å². The summed E-state index contributed by atoms with van der Waals surface area (Å²) in [6.45, 7) is -1.01. The van der Waals surface area contributed by atoms with Crippen LogP contribution in [0, 0.1) is 41.4 Å². The zero-order valence-corrected chi connectivity index (χ0v) is 14.9.